The summed E-state index contributed by atoms with van der Waals surface area (Å²) in [6.07, 6.45) is 5.61. The molecule has 0 radical (unpaired) electrons. The molecular weight excluding hydrogens is 277 g/mol. The Hall–Kier alpha value is -1.36. The van der Waals surface area contributed by atoms with E-state index in [1.54, 1.807) is 0 Å². The SMILES string of the molecule is CNC(/C1=C/CCCCCC1)c1ccc(C(F)(F)F)cn1. The van der Waals surface area contributed by atoms with Crippen molar-refractivity contribution in [2.24, 2.45) is 0 Å². The topological polar surface area (TPSA) is 24.9 Å². The summed E-state index contributed by atoms with van der Waals surface area (Å²) in [5.41, 5.74) is 1.19. The maximum absolute atomic E-state index is 12.6. The fraction of sp³-hybridized carbons (Fsp3) is 0.562. The molecule has 0 aliphatic heterocycles. The average Bonchev–Trinajstić information content (AvgIpc) is 2.41. The summed E-state index contributed by atoms with van der Waals surface area (Å²) < 4.78 is 37.8. The first-order valence-corrected chi connectivity index (χ1v) is 7.41. The van der Waals surface area contributed by atoms with Gasteiger partial charge < -0.3 is 5.32 Å². The molecular formula is C16H21F3N2. The Morgan fingerprint density at radius 1 is 1.14 bits per heavy atom. The van der Waals surface area contributed by atoms with Crippen LogP contribution in [0.15, 0.2) is 30.0 Å². The minimum Gasteiger partial charge on any atom is -0.308 e. The zero-order chi connectivity index (χ0) is 15.3. The second kappa shape index (κ2) is 7.07. The van der Waals surface area contributed by atoms with Crippen LogP contribution in [-0.4, -0.2) is 12.0 Å². The molecule has 0 amide bonds. The van der Waals surface area contributed by atoms with Gasteiger partial charge in [0.2, 0.25) is 0 Å². The number of rotatable bonds is 3. The van der Waals surface area contributed by atoms with E-state index in [0.29, 0.717) is 5.69 Å². The Kier molecular flexibility index (Phi) is 5.39. The minimum atomic E-state index is -4.33. The van der Waals surface area contributed by atoms with Crippen LogP contribution in [0.1, 0.15) is 55.8 Å². The summed E-state index contributed by atoms with van der Waals surface area (Å²) in [7, 11) is 1.82. The number of nitrogens with one attached hydrogen (secondary N) is 1. The van der Waals surface area contributed by atoms with E-state index >= 15 is 0 Å². The van der Waals surface area contributed by atoms with E-state index in [4.69, 9.17) is 0 Å². The molecule has 0 fully saturated rings. The Morgan fingerprint density at radius 3 is 2.52 bits per heavy atom. The first-order valence-electron chi connectivity index (χ1n) is 7.41. The van der Waals surface area contributed by atoms with Crippen LogP contribution in [0, 0.1) is 0 Å². The van der Waals surface area contributed by atoms with E-state index in [-0.39, 0.29) is 6.04 Å². The maximum Gasteiger partial charge on any atom is 0.417 e. The number of alkyl halides is 3. The molecule has 1 atom stereocenters. The number of aromatic nitrogens is 1. The van der Waals surface area contributed by atoms with Gasteiger partial charge in [-0.3, -0.25) is 4.98 Å². The summed E-state index contributed by atoms with van der Waals surface area (Å²) in [4.78, 5) is 4.02. The van der Waals surface area contributed by atoms with Crippen LogP contribution in [0.2, 0.25) is 0 Å². The van der Waals surface area contributed by atoms with Gasteiger partial charge in [-0.2, -0.15) is 13.2 Å². The lowest BCUT2D eigenvalue weighted by Gasteiger charge is -2.21. The highest BCUT2D eigenvalue weighted by Gasteiger charge is 2.31. The molecule has 0 saturated heterocycles. The molecule has 1 aromatic rings. The molecule has 1 heterocycles. The van der Waals surface area contributed by atoms with Gasteiger partial charge in [0.25, 0.3) is 0 Å². The summed E-state index contributed by atoms with van der Waals surface area (Å²) in [6.45, 7) is 0. The van der Waals surface area contributed by atoms with Gasteiger partial charge in [0.05, 0.1) is 17.3 Å². The van der Waals surface area contributed by atoms with Gasteiger partial charge in [0.1, 0.15) is 0 Å². The van der Waals surface area contributed by atoms with Gasteiger partial charge in [0.15, 0.2) is 0 Å². The number of hydrogen-bond donors (Lipinski definition) is 1. The molecule has 0 aromatic carbocycles. The Balaban J connectivity index is 2.20. The third-order valence-corrected chi connectivity index (χ3v) is 3.90. The van der Waals surface area contributed by atoms with E-state index in [0.717, 1.165) is 31.5 Å². The standard InChI is InChI=1S/C16H21F3N2/c1-20-15(12-7-5-3-2-4-6-8-12)14-10-9-13(11-21-14)16(17,18)19/h7,9-11,15,20H,2-6,8H2,1H3/b12-7+. The normalized spacial score (nSPS) is 21.0. The lowest BCUT2D eigenvalue weighted by atomic mass is 9.93. The molecule has 116 valence electrons. The van der Waals surface area contributed by atoms with Crippen LogP contribution in [-0.2, 0) is 6.18 Å². The largest absolute Gasteiger partial charge is 0.417 e. The predicted octanol–water partition coefficient (Wildman–Crippen LogP) is 4.64. The number of pyridine rings is 1. The molecule has 5 heteroatoms. The lowest BCUT2D eigenvalue weighted by Crippen LogP contribution is -2.21. The smallest absolute Gasteiger partial charge is 0.308 e. The number of hydrogen-bond acceptors (Lipinski definition) is 2. The third-order valence-electron chi connectivity index (χ3n) is 3.90. The second-order valence-corrected chi connectivity index (χ2v) is 5.42. The van der Waals surface area contributed by atoms with Crippen LogP contribution >= 0.6 is 0 Å². The quantitative estimate of drug-likeness (QED) is 0.822. The van der Waals surface area contributed by atoms with Crippen molar-refractivity contribution in [2.45, 2.75) is 50.7 Å². The number of allylic oxidation sites excluding steroid dienone is 1. The molecule has 1 N–H and O–H groups in total. The molecule has 1 unspecified atom stereocenters. The molecule has 2 rings (SSSR count). The van der Waals surface area contributed by atoms with Crippen molar-refractivity contribution >= 4 is 0 Å². The van der Waals surface area contributed by atoms with Crippen molar-refractivity contribution < 1.29 is 13.2 Å². The van der Waals surface area contributed by atoms with Crippen molar-refractivity contribution in [3.63, 3.8) is 0 Å². The van der Waals surface area contributed by atoms with Crippen LogP contribution in [0.4, 0.5) is 13.2 Å². The first-order chi connectivity index (χ1) is 10.0. The van der Waals surface area contributed by atoms with Crippen LogP contribution < -0.4 is 5.32 Å². The fourth-order valence-electron chi connectivity index (χ4n) is 2.75. The second-order valence-electron chi connectivity index (χ2n) is 5.42. The van der Waals surface area contributed by atoms with Crippen LogP contribution in [0.25, 0.3) is 0 Å². The Morgan fingerprint density at radius 2 is 1.90 bits per heavy atom. The highest BCUT2D eigenvalue weighted by atomic mass is 19.4. The highest BCUT2D eigenvalue weighted by Crippen LogP contribution is 2.31. The zero-order valence-corrected chi connectivity index (χ0v) is 12.2. The van der Waals surface area contributed by atoms with Crippen molar-refractivity contribution in [3.05, 3.63) is 41.2 Å². The summed E-state index contributed by atoms with van der Waals surface area (Å²) in [5, 5.41) is 3.18. The van der Waals surface area contributed by atoms with E-state index in [9.17, 15) is 13.2 Å². The van der Waals surface area contributed by atoms with Gasteiger partial charge in [-0.05, 0) is 44.9 Å². The highest BCUT2D eigenvalue weighted by molar-refractivity contribution is 5.26. The summed E-state index contributed by atoms with van der Waals surface area (Å²) in [6, 6.07) is 2.49. The van der Waals surface area contributed by atoms with E-state index in [1.807, 2.05) is 7.05 Å². The molecule has 2 nitrogen and oxygen atoms in total. The van der Waals surface area contributed by atoms with E-state index in [1.165, 1.54) is 30.9 Å². The van der Waals surface area contributed by atoms with E-state index < -0.39 is 11.7 Å². The molecule has 1 aliphatic rings. The summed E-state index contributed by atoms with van der Waals surface area (Å²) >= 11 is 0. The first kappa shape index (κ1) is 16.0. The lowest BCUT2D eigenvalue weighted by molar-refractivity contribution is -0.137. The van der Waals surface area contributed by atoms with Crippen molar-refractivity contribution in [1.82, 2.24) is 10.3 Å². The Labute approximate surface area is 123 Å². The molecule has 0 bridgehead atoms. The van der Waals surface area contributed by atoms with Crippen LogP contribution in [0.5, 0.6) is 0 Å². The van der Waals surface area contributed by atoms with Crippen molar-refractivity contribution in [3.8, 4) is 0 Å². The van der Waals surface area contributed by atoms with E-state index in [2.05, 4.69) is 16.4 Å². The van der Waals surface area contributed by atoms with Gasteiger partial charge >= 0.3 is 6.18 Å². The number of halogens is 3. The molecule has 0 saturated carbocycles. The number of nitrogens with zero attached hydrogens (tertiary/aromatic N) is 1. The maximum atomic E-state index is 12.6. The Bertz CT molecular complexity index is 477. The predicted molar refractivity (Wildman–Crippen MR) is 76.8 cm³/mol. The van der Waals surface area contributed by atoms with Gasteiger partial charge in [-0.15, -0.1) is 0 Å². The van der Waals surface area contributed by atoms with Crippen LogP contribution in [0.3, 0.4) is 0 Å². The summed E-state index contributed by atoms with van der Waals surface area (Å²) in [5.74, 6) is 0. The molecule has 0 spiro atoms. The van der Waals surface area contributed by atoms with Crippen molar-refractivity contribution in [2.75, 3.05) is 7.05 Å². The van der Waals surface area contributed by atoms with Gasteiger partial charge in [0, 0.05) is 6.20 Å². The fourth-order valence-corrected chi connectivity index (χ4v) is 2.75. The minimum absolute atomic E-state index is 0.0922. The molecule has 1 aliphatic carbocycles. The molecule has 1 aromatic heterocycles. The van der Waals surface area contributed by atoms with Crippen molar-refractivity contribution in [1.29, 1.82) is 0 Å². The molecule has 21 heavy (non-hydrogen) atoms. The van der Waals surface area contributed by atoms with Gasteiger partial charge in [-0.1, -0.05) is 24.5 Å². The van der Waals surface area contributed by atoms with Gasteiger partial charge in [-0.25, -0.2) is 0 Å². The number of likely N-dealkylation sites (N-methyl/N-ethyl adjacent to an activating group) is 1. The zero-order valence-electron chi connectivity index (χ0n) is 12.2. The average molecular weight is 298 g/mol. The monoisotopic (exact) mass is 298 g/mol. The third kappa shape index (κ3) is 4.30.